The summed E-state index contributed by atoms with van der Waals surface area (Å²) >= 11 is 0. The third kappa shape index (κ3) is 2.51. The fourth-order valence-electron chi connectivity index (χ4n) is 2.36. The fraction of sp³-hybridized carbons (Fsp3) is 0.917. The first-order chi connectivity index (χ1) is 7.31. The van der Waals surface area contributed by atoms with Gasteiger partial charge in [0.15, 0.2) is 0 Å². The molecule has 0 heterocycles. The fourth-order valence-corrected chi connectivity index (χ4v) is 2.36. The number of hydrogen-bond donors (Lipinski definition) is 0. The summed E-state index contributed by atoms with van der Waals surface area (Å²) in [4.78, 5) is 11.7. The standard InChI is InChI=1S/C12H20O3/c1-14-10-7-2-3-8-11(10)15-12(13)9-5-4-6-9/h9-11H,2-8H2,1H3/t10-,11+/m0/s1. The van der Waals surface area contributed by atoms with Crippen LogP contribution in [0.25, 0.3) is 0 Å². The molecule has 0 saturated heterocycles. The number of ether oxygens (including phenoxy) is 2. The molecule has 2 fully saturated rings. The molecule has 15 heavy (non-hydrogen) atoms. The van der Waals surface area contributed by atoms with E-state index in [0.717, 1.165) is 32.1 Å². The molecule has 2 aliphatic rings. The van der Waals surface area contributed by atoms with Crippen LogP contribution >= 0.6 is 0 Å². The first-order valence-corrected chi connectivity index (χ1v) is 6.04. The average Bonchev–Trinajstić information content (AvgIpc) is 2.15. The number of esters is 1. The molecule has 2 rings (SSSR count). The molecule has 2 saturated carbocycles. The zero-order valence-electron chi connectivity index (χ0n) is 9.41. The van der Waals surface area contributed by atoms with Crippen LogP contribution in [0.2, 0.25) is 0 Å². The van der Waals surface area contributed by atoms with Crippen molar-refractivity contribution in [2.24, 2.45) is 5.92 Å². The Morgan fingerprint density at radius 1 is 1.00 bits per heavy atom. The summed E-state index contributed by atoms with van der Waals surface area (Å²) < 4.78 is 10.9. The van der Waals surface area contributed by atoms with E-state index in [-0.39, 0.29) is 24.1 Å². The van der Waals surface area contributed by atoms with Gasteiger partial charge in [0.25, 0.3) is 0 Å². The molecule has 3 nitrogen and oxygen atoms in total. The van der Waals surface area contributed by atoms with Gasteiger partial charge in [-0.2, -0.15) is 0 Å². The molecule has 0 N–H and O–H groups in total. The van der Waals surface area contributed by atoms with E-state index in [1.807, 2.05) is 0 Å². The molecule has 2 aliphatic carbocycles. The Kier molecular flexibility index (Phi) is 3.62. The molecule has 0 aromatic rings. The van der Waals surface area contributed by atoms with Crippen molar-refractivity contribution >= 4 is 5.97 Å². The van der Waals surface area contributed by atoms with Gasteiger partial charge in [-0.05, 0) is 32.1 Å². The predicted molar refractivity (Wildman–Crippen MR) is 56.5 cm³/mol. The average molecular weight is 212 g/mol. The lowest BCUT2D eigenvalue weighted by atomic mass is 9.85. The van der Waals surface area contributed by atoms with Crippen LogP contribution < -0.4 is 0 Å². The third-order valence-corrected chi connectivity index (χ3v) is 3.65. The predicted octanol–water partition coefficient (Wildman–Crippen LogP) is 2.29. The van der Waals surface area contributed by atoms with Gasteiger partial charge in [0.05, 0.1) is 12.0 Å². The number of hydrogen-bond acceptors (Lipinski definition) is 3. The van der Waals surface area contributed by atoms with Gasteiger partial charge in [-0.3, -0.25) is 4.79 Å². The molecule has 0 spiro atoms. The van der Waals surface area contributed by atoms with Crippen molar-refractivity contribution in [2.75, 3.05) is 7.11 Å². The highest BCUT2D eigenvalue weighted by atomic mass is 16.6. The lowest BCUT2D eigenvalue weighted by Crippen LogP contribution is -2.38. The second kappa shape index (κ2) is 4.97. The quantitative estimate of drug-likeness (QED) is 0.673. The minimum absolute atomic E-state index is 0.00944. The maximum Gasteiger partial charge on any atom is 0.309 e. The lowest BCUT2D eigenvalue weighted by molar-refractivity contribution is -0.167. The Balaban J connectivity index is 1.82. The molecular formula is C12H20O3. The summed E-state index contributed by atoms with van der Waals surface area (Å²) in [5.41, 5.74) is 0. The first-order valence-electron chi connectivity index (χ1n) is 6.04. The Morgan fingerprint density at radius 3 is 2.20 bits per heavy atom. The summed E-state index contributed by atoms with van der Waals surface area (Å²) in [6.07, 6.45) is 7.69. The molecule has 86 valence electrons. The smallest absolute Gasteiger partial charge is 0.309 e. The van der Waals surface area contributed by atoms with Crippen LogP contribution in [0.3, 0.4) is 0 Å². The summed E-state index contributed by atoms with van der Waals surface area (Å²) in [6, 6.07) is 0. The Bertz CT molecular complexity index is 223. The molecule has 0 unspecified atom stereocenters. The maximum atomic E-state index is 11.7. The van der Waals surface area contributed by atoms with E-state index in [9.17, 15) is 4.79 Å². The van der Waals surface area contributed by atoms with Gasteiger partial charge in [0, 0.05) is 7.11 Å². The van der Waals surface area contributed by atoms with Crippen molar-refractivity contribution < 1.29 is 14.3 Å². The second-order valence-corrected chi connectivity index (χ2v) is 4.66. The molecule has 0 aromatic heterocycles. The zero-order valence-corrected chi connectivity index (χ0v) is 9.41. The second-order valence-electron chi connectivity index (χ2n) is 4.66. The van der Waals surface area contributed by atoms with E-state index in [1.54, 1.807) is 7.11 Å². The number of carbonyl (C=O) groups excluding carboxylic acids is 1. The third-order valence-electron chi connectivity index (χ3n) is 3.65. The van der Waals surface area contributed by atoms with Gasteiger partial charge in [-0.15, -0.1) is 0 Å². The van der Waals surface area contributed by atoms with Gasteiger partial charge < -0.3 is 9.47 Å². The molecule has 0 aromatic carbocycles. The topological polar surface area (TPSA) is 35.5 Å². The van der Waals surface area contributed by atoms with Crippen LogP contribution in [0.4, 0.5) is 0 Å². The van der Waals surface area contributed by atoms with Crippen LogP contribution in [0.15, 0.2) is 0 Å². The molecule has 0 radical (unpaired) electrons. The van der Waals surface area contributed by atoms with Crippen molar-refractivity contribution in [2.45, 2.75) is 57.2 Å². The van der Waals surface area contributed by atoms with E-state index in [2.05, 4.69) is 0 Å². The molecule has 2 atom stereocenters. The van der Waals surface area contributed by atoms with Gasteiger partial charge >= 0.3 is 5.97 Å². The van der Waals surface area contributed by atoms with Crippen LogP contribution in [-0.2, 0) is 14.3 Å². The molecule has 0 bridgehead atoms. The van der Waals surface area contributed by atoms with Crippen LogP contribution in [-0.4, -0.2) is 25.3 Å². The Morgan fingerprint density at radius 2 is 1.67 bits per heavy atom. The first kappa shape index (κ1) is 10.9. The summed E-state index contributed by atoms with van der Waals surface area (Å²) in [5, 5.41) is 0. The van der Waals surface area contributed by atoms with Crippen molar-refractivity contribution in [3.05, 3.63) is 0 Å². The number of carbonyl (C=O) groups is 1. The summed E-state index contributed by atoms with van der Waals surface area (Å²) in [5.74, 6) is 0.194. The normalized spacial score (nSPS) is 32.1. The highest BCUT2D eigenvalue weighted by Crippen LogP contribution is 2.30. The maximum absolute atomic E-state index is 11.7. The number of rotatable bonds is 3. The van der Waals surface area contributed by atoms with Gasteiger partial charge in [0.2, 0.25) is 0 Å². The van der Waals surface area contributed by atoms with Crippen molar-refractivity contribution in [3.8, 4) is 0 Å². The van der Waals surface area contributed by atoms with E-state index in [4.69, 9.17) is 9.47 Å². The van der Waals surface area contributed by atoms with Gasteiger partial charge in [-0.1, -0.05) is 12.8 Å². The van der Waals surface area contributed by atoms with E-state index >= 15 is 0 Å². The van der Waals surface area contributed by atoms with Crippen molar-refractivity contribution in [3.63, 3.8) is 0 Å². The van der Waals surface area contributed by atoms with Crippen molar-refractivity contribution in [1.82, 2.24) is 0 Å². The summed E-state index contributed by atoms with van der Waals surface area (Å²) in [7, 11) is 1.71. The lowest BCUT2D eigenvalue weighted by Gasteiger charge is -2.32. The largest absolute Gasteiger partial charge is 0.459 e. The molecule has 3 heteroatoms. The molecule has 0 aliphatic heterocycles. The Labute approximate surface area is 91.1 Å². The highest BCUT2D eigenvalue weighted by Gasteiger charge is 2.33. The summed E-state index contributed by atoms with van der Waals surface area (Å²) in [6.45, 7) is 0. The molecule has 0 amide bonds. The van der Waals surface area contributed by atoms with Crippen LogP contribution in [0.5, 0.6) is 0 Å². The zero-order chi connectivity index (χ0) is 10.7. The van der Waals surface area contributed by atoms with Gasteiger partial charge in [-0.25, -0.2) is 0 Å². The number of methoxy groups -OCH3 is 1. The van der Waals surface area contributed by atoms with Crippen LogP contribution in [0, 0.1) is 5.92 Å². The van der Waals surface area contributed by atoms with E-state index < -0.39 is 0 Å². The Hall–Kier alpha value is -0.570. The highest BCUT2D eigenvalue weighted by molar-refractivity contribution is 5.73. The van der Waals surface area contributed by atoms with E-state index in [1.165, 1.54) is 12.8 Å². The minimum Gasteiger partial charge on any atom is -0.459 e. The van der Waals surface area contributed by atoms with Crippen molar-refractivity contribution in [1.29, 1.82) is 0 Å². The van der Waals surface area contributed by atoms with E-state index in [0.29, 0.717) is 0 Å². The van der Waals surface area contributed by atoms with Crippen LogP contribution in [0.1, 0.15) is 44.9 Å². The SMILES string of the molecule is CO[C@H]1CCCC[C@H]1OC(=O)C1CCC1. The van der Waals surface area contributed by atoms with Gasteiger partial charge in [0.1, 0.15) is 6.10 Å². The monoisotopic (exact) mass is 212 g/mol. The molecular weight excluding hydrogens is 192 g/mol. The minimum atomic E-state index is 0.00944.